The Morgan fingerprint density at radius 2 is 2.05 bits per heavy atom. The first-order chi connectivity index (χ1) is 9.27. The van der Waals surface area contributed by atoms with E-state index in [4.69, 9.17) is 10.2 Å². The number of hydrogen-bond acceptors (Lipinski definition) is 5. The van der Waals surface area contributed by atoms with Gasteiger partial charge in [-0.1, -0.05) is 39.8 Å². The molecule has 2 aromatic heterocycles. The largest absolute Gasteiger partial charge is 0.448 e. The van der Waals surface area contributed by atoms with Gasteiger partial charge in [0.25, 0.3) is 0 Å². The Balaban J connectivity index is 2.09. The Labute approximate surface area is 119 Å². The summed E-state index contributed by atoms with van der Waals surface area (Å²) < 4.78 is 7.23. The summed E-state index contributed by atoms with van der Waals surface area (Å²) in [6, 6.07) is -0.0915. The lowest BCUT2D eigenvalue weighted by atomic mass is 9.97. The molecule has 0 aliphatic heterocycles. The summed E-state index contributed by atoms with van der Waals surface area (Å²) in [4.78, 5) is 4.48. The predicted octanol–water partition coefficient (Wildman–Crippen LogP) is 2.27. The summed E-state index contributed by atoms with van der Waals surface area (Å²) in [7, 11) is 0. The molecular formula is C14H23N5O. The zero-order valence-corrected chi connectivity index (χ0v) is 12.8. The first kappa shape index (κ1) is 14.7. The molecule has 2 heterocycles. The van der Waals surface area contributed by atoms with Gasteiger partial charge in [-0.25, -0.2) is 9.67 Å². The number of nitrogens with two attached hydrogens (primary N) is 1. The molecule has 110 valence electrons. The van der Waals surface area contributed by atoms with E-state index in [1.54, 1.807) is 10.9 Å². The van der Waals surface area contributed by atoms with Crippen molar-refractivity contribution in [1.82, 2.24) is 20.0 Å². The second-order valence-corrected chi connectivity index (χ2v) is 6.50. The van der Waals surface area contributed by atoms with E-state index in [0.717, 1.165) is 17.3 Å². The highest BCUT2D eigenvalue weighted by Gasteiger charge is 2.20. The molecule has 0 radical (unpaired) electrons. The van der Waals surface area contributed by atoms with Crippen molar-refractivity contribution in [1.29, 1.82) is 0 Å². The van der Waals surface area contributed by atoms with Crippen molar-refractivity contribution in [3.05, 3.63) is 29.7 Å². The van der Waals surface area contributed by atoms with E-state index < -0.39 is 0 Å². The maximum absolute atomic E-state index is 6.06. The van der Waals surface area contributed by atoms with Crippen LogP contribution >= 0.6 is 0 Å². The van der Waals surface area contributed by atoms with Crippen molar-refractivity contribution >= 4 is 0 Å². The van der Waals surface area contributed by atoms with E-state index in [1.807, 2.05) is 6.20 Å². The molecule has 20 heavy (non-hydrogen) atoms. The van der Waals surface area contributed by atoms with Gasteiger partial charge in [-0.15, -0.1) is 5.10 Å². The number of aromatic nitrogens is 4. The van der Waals surface area contributed by atoms with Crippen molar-refractivity contribution in [2.24, 2.45) is 11.7 Å². The molecule has 6 heteroatoms. The van der Waals surface area contributed by atoms with Gasteiger partial charge < -0.3 is 10.2 Å². The van der Waals surface area contributed by atoms with Gasteiger partial charge >= 0.3 is 0 Å². The van der Waals surface area contributed by atoms with E-state index in [0.29, 0.717) is 12.5 Å². The maximum Gasteiger partial charge on any atom is 0.199 e. The summed E-state index contributed by atoms with van der Waals surface area (Å²) in [5, 5.41) is 8.21. The van der Waals surface area contributed by atoms with E-state index in [2.05, 4.69) is 49.9 Å². The van der Waals surface area contributed by atoms with Gasteiger partial charge in [0.05, 0.1) is 24.5 Å². The van der Waals surface area contributed by atoms with Crippen LogP contribution in [0.15, 0.2) is 16.9 Å². The second kappa shape index (κ2) is 5.36. The molecule has 0 aliphatic rings. The third kappa shape index (κ3) is 3.25. The predicted molar refractivity (Wildman–Crippen MR) is 76.1 cm³/mol. The first-order valence-electron chi connectivity index (χ1n) is 6.88. The second-order valence-electron chi connectivity index (χ2n) is 6.50. The Hall–Kier alpha value is -1.69. The molecule has 0 saturated heterocycles. The Kier molecular flexibility index (Phi) is 3.94. The fraction of sp³-hybridized carbons (Fsp3) is 0.643. The Morgan fingerprint density at radius 3 is 2.60 bits per heavy atom. The number of nitrogens with zero attached hydrogens (tertiary/aromatic N) is 4. The highest BCUT2D eigenvalue weighted by molar-refractivity contribution is 5.06. The molecule has 6 nitrogen and oxygen atoms in total. The van der Waals surface area contributed by atoms with Crippen LogP contribution in [0.25, 0.3) is 0 Å². The van der Waals surface area contributed by atoms with Gasteiger partial charge in [-0.05, 0) is 5.92 Å². The molecule has 2 aromatic rings. The maximum atomic E-state index is 6.06. The molecule has 1 unspecified atom stereocenters. The summed E-state index contributed by atoms with van der Waals surface area (Å²) in [5.74, 6) is 1.06. The quantitative estimate of drug-likeness (QED) is 0.927. The molecule has 0 saturated carbocycles. The van der Waals surface area contributed by atoms with Crippen LogP contribution in [-0.2, 0) is 12.0 Å². The third-order valence-electron chi connectivity index (χ3n) is 3.13. The fourth-order valence-corrected chi connectivity index (χ4v) is 1.77. The minimum Gasteiger partial charge on any atom is -0.448 e. The third-order valence-corrected chi connectivity index (χ3v) is 3.13. The summed E-state index contributed by atoms with van der Waals surface area (Å²) in [6.45, 7) is 10.9. The molecule has 0 aliphatic carbocycles. The van der Waals surface area contributed by atoms with E-state index in [9.17, 15) is 0 Å². The summed E-state index contributed by atoms with van der Waals surface area (Å²) >= 11 is 0. The van der Waals surface area contributed by atoms with Gasteiger partial charge in [0.1, 0.15) is 12.0 Å². The van der Waals surface area contributed by atoms with Crippen LogP contribution in [-0.4, -0.2) is 20.0 Å². The van der Waals surface area contributed by atoms with E-state index in [1.165, 1.54) is 0 Å². The van der Waals surface area contributed by atoms with Crippen molar-refractivity contribution in [2.75, 3.05) is 0 Å². The van der Waals surface area contributed by atoms with E-state index >= 15 is 0 Å². The van der Waals surface area contributed by atoms with Gasteiger partial charge in [0, 0.05) is 5.41 Å². The average Bonchev–Trinajstić information content (AvgIpc) is 2.96. The van der Waals surface area contributed by atoms with E-state index in [-0.39, 0.29) is 11.5 Å². The van der Waals surface area contributed by atoms with Crippen molar-refractivity contribution in [2.45, 2.75) is 52.6 Å². The smallest absolute Gasteiger partial charge is 0.199 e. The minimum absolute atomic E-state index is 0.0915. The lowest BCUT2D eigenvalue weighted by Gasteiger charge is -2.11. The van der Waals surface area contributed by atoms with Gasteiger partial charge in [0.2, 0.25) is 0 Å². The highest BCUT2D eigenvalue weighted by Crippen LogP contribution is 2.21. The average molecular weight is 277 g/mol. The molecule has 0 bridgehead atoms. The summed E-state index contributed by atoms with van der Waals surface area (Å²) in [5.41, 5.74) is 7.61. The fourth-order valence-electron chi connectivity index (χ4n) is 1.77. The van der Waals surface area contributed by atoms with Crippen molar-refractivity contribution in [3.8, 4) is 0 Å². The molecular weight excluding hydrogens is 254 g/mol. The van der Waals surface area contributed by atoms with Gasteiger partial charge in [-0.3, -0.25) is 0 Å². The topological polar surface area (TPSA) is 82.8 Å². The molecule has 0 aromatic carbocycles. The molecule has 1 atom stereocenters. The molecule has 2 N–H and O–H groups in total. The molecule has 0 fully saturated rings. The van der Waals surface area contributed by atoms with Crippen molar-refractivity contribution < 1.29 is 4.42 Å². The Morgan fingerprint density at radius 1 is 1.35 bits per heavy atom. The van der Waals surface area contributed by atoms with Gasteiger partial charge in [0.15, 0.2) is 5.89 Å². The number of rotatable bonds is 4. The van der Waals surface area contributed by atoms with Gasteiger partial charge in [-0.2, -0.15) is 0 Å². The van der Waals surface area contributed by atoms with Crippen molar-refractivity contribution in [3.63, 3.8) is 0 Å². The minimum atomic E-state index is -0.0915. The lowest BCUT2D eigenvalue weighted by Crippen LogP contribution is -2.17. The van der Waals surface area contributed by atoms with Crippen LogP contribution in [0.2, 0.25) is 0 Å². The normalized spacial score (nSPS) is 13.9. The van der Waals surface area contributed by atoms with Crippen LogP contribution in [0.3, 0.4) is 0 Å². The zero-order valence-electron chi connectivity index (χ0n) is 12.8. The van der Waals surface area contributed by atoms with Crippen LogP contribution < -0.4 is 5.73 Å². The highest BCUT2D eigenvalue weighted by atomic mass is 16.3. The van der Waals surface area contributed by atoms with Crippen LogP contribution in [0.4, 0.5) is 0 Å². The Bertz CT molecular complexity index is 564. The molecule has 2 rings (SSSR count). The molecule has 0 spiro atoms. The first-order valence-corrected chi connectivity index (χ1v) is 6.88. The zero-order chi connectivity index (χ0) is 14.9. The monoisotopic (exact) mass is 277 g/mol. The molecule has 0 amide bonds. The van der Waals surface area contributed by atoms with Crippen LogP contribution in [0.1, 0.15) is 57.9 Å². The number of hydrogen-bond donors (Lipinski definition) is 1. The SMILES string of the molecule is CC(C)C(N)c1cn(Cc2coc(C(C)(C)C)n2)nn1. The van der Waals surface area contributed by atoms with Crippen LogP contribution in [0, 0.1) is 5.92 Å². The standard InChI is InChI=1S/C14H23N5O/c1-9(2)12(15)11-7-19(18-17-11)6-10-8-20-13(16-10)14(3,4)5/h7-9,12H,6,15H2,1-5H3. The lowest BCUT2D eigenvalue weighted by molar-refractivity contribution is 0.392. The van der Waals surface area contributed by atoms with Crippen LogP contribution in [0.5, 0.6) is 0 Å². The number of oxazole rings is 1. The summed E-state index contributed by atoms with van der Waals surface area (Å²) in [6.07, 6.45) is 3.54.